The summed E-state index contributed by atoms with van der Waals surface area (Å²) in [7, 11) is 0. The minimum Gasteiger partial charge on any atom is -0.466 e. The van der Waals surface area contributed by atoms with Gasteiger partial charge in [-0.15, -0.1) is 23.2 Å². The quantitative estimate of drug-likeness (QED) is 0.395. The van der Waals surface area contributed by atoms with Gasteiger partial charge in [-0.25, -0.2) is 0 Å². The molecule has 0 aliphatic rings. The molecule has 0 fully saturated rings. The summed E-state index contributed by atoms with van der Waals surface area (Å²) in [6.07, 6.45) is 1.57. The SMILES string of the molecule is O=C(CCC(=O)OCC(Cl)Cl)OCCCc1ccccc1. The van der Waals surface area contributed by atoms with Crippen molar-refractivity contribution in [3.63, 3.8) is 0 Å². The maximum Gasteiger partial charge on any atom is 0.306 e. The third kappa shape index (κ3) is 9.32. The van der Waals surface area contributed by atoms with Gasteiger partial charge in [0, 0.05) is 0 Å². The van der Waals surface area contributed by atoms with Crippen molar-refractivity contribution in [1.29, 1.82) is 0 Å². The van der Waals surface area contributed by atoms with Gasteiger partial charge in [-0.3, -0.25) is 9.59 Å². The Morgan fingerprint density at radius 2 is 1.62 bits per heavy atom. The van der Waals surface area contributed by atoms with Crippen LogP contribution in [-0.4, -0.2) is 30.0 Å². The van der Waals surface area contributed by atoms with Crippen molar-refractivity contribution in [3.8, 4) is 0 Å². The lowest BCUT2D eigenvalue weighted by molar-refractivity contribution is -0.150. The van der Waals surface area contributed by atoms with Crippen LogP contribution in [0.25, 0.3) is 0 Å². The fraction of sp³-hybridized carbons (Fsp3) is 0.467. The van der Waals surface area contributed by atoms with Crippen LogP contribution in [-0.2, 0) is 25.5 Å². The number of alkyl halides is 2. The average molecular weight is 333 g/mol. The lowest BCUT2D eigenvalue weighted by Gasteiger charge is -2.06. The first kappa shape index (κ1) is 17.8. The number of hydrogen-bond acceptors (Lipinski definition) is 4. The van der Waals surface area contributed by atoms with Crippen LogP contribution in [0, 0.1) is 0 Å². The number of esters is 2. The molecule has 0 aromatic heterocycles. The van der Waals surface area contributed by atoms with Crippen LogP contribution in [0.15, 0.2) is 30.3 Å². The number of carbonyl (C=O) groups is 2. The van der Waals surface area contributed by atoms with Crippen LogP contribution in [0.5, 0.6) is 0 Å². The summed E-state index contributed by atoms with van der Waals surface area (Å²) in [4.78, 5) is 21.9. The van der Waals surface area contributed by atoms with Gasteiger partial charge < -0.3 is 9.47 Å². The molecule has 1 aromatic carbocycles. The third-order valence-corrected chi connectivity index (χ3v) is 2.87. The molecule has 0 spiro atoms. The van der Waals surface area contributed by atoms with Gasteiger partial charge in [0.25, 0.3) is 0 Å². The second-order valence-corrected chi connectivity index (χ2v) is 5.66. The van der Waals surface area contributed by atoms with E-state index in [1.807, 2.05) is 30.3 Å². The Labute approximate surface area is 134 Å². The van der Waals surface area contributed by atoms with Crippen molar-refractivity contribution in [2.75, 3.05) is 13.2 Å². The largest absolute Gasteiger partial charge is 0.466 e. The Kier molecular flexibility index (Phi) is 8.87. The summed E-state index contributed by atoms with van der Waals surface area (Å²) in [6, 6.07) is 9.95. The molecule has 6 heteroatoms. The van der Waals surface area contributed by atoms with Crippen molar-refractivity contribution in [3.05, 3.63) is 35.9 Å². The molecule has 0 radical (unpaired) electrons. The maximum absolute atomic E-state index is 11.4. The topological polar surface area (TPSA) is 52.6 Å². The summed E-state index contributed by atoms with van der Waals surface area (Å²) < 4.78 is 9.77. The Balaban J connectivity index is 2.05. The van der Waals surface area contributed by atoms with Gasteiger partial charge in [0.1, 0.15) is 11.4 Å². The van der Waals surface area contributed by atoms with E-state index in [2.05, 4.69) is 0 Å². The van der Waals surface area contributed by atoms with Crippen molar-refractivity contribution in [2.45, 2.75) is 30.5 Å². The predicted molar refractivity (Wildman–Crippen MR) is 81.4 cm³/mol. The number of ether oxygens (including phenoxy) is 2. The highest BCUT2D eigenvalue weighted by Crippen LogP contribution is 2.05. The van der Waals surface area contributed by atoms with Gasteiger partial charge in [-0.1, -0.05) is 30.3 Å². The summed E-state index contributed by atoms with van der Waals surface area (Å²) >= 11 is 10.8. The lowest BCUT2D eigenvalue weighted by atomic mass is 10.1. The Morgan fingerprint density at radius 3 is 2.24 bits per heavy atom. The highest BCUT2D eigenvalue weighted by molar-refractivity contribution is 6.44. The van der Waals surface area contributed by atoms with Gasteiger partial charge in [-0.2, -0.15) is 0 Å². The monoisotopic (exact) mass is 332 g/mol. The summed E-state index contributed by atoms with van der Waals surface area (Å²) in [5.74, 6) is -0.921. The van der Waals surface area contributed by atoms with E-state index in [4.69, 9.17) is 32.7 Å². The third-order valence-electron chi connectivity index (χ3n) is 2.62. The van der Waals surface area contributed by atoms with E-state index in [1.54, 1.807) is 0 Å². The first-order chi connectivity index (χ1) is 10.1. The molecular formula is C15H18Cl2O4. The minimum atomic E-state index is -0.751. The van der Waals surface area contributed by atoms with Crippen LogP contribution in [0.2, 0.25) is 0 Å². The molecule has 0 saturated heterocycles. The summed E-state index contributed by atoms with van der Waals surface area (Å²) in [5.41, 5.74) is 1.20. The van der Waals surface area contributed by atoms with Crippen molar-refractivity contribution in [1.82, 2.24) is 0 Å². The van der Waals surface area contributed by atoms with E-state index >= 15 is 0 Å². The molecule has 1 aromatic rings. The number of rotatable bonds is 9. The standard InChI is InChI=1S/C15H18Cl2O4/c16-13(17)11-21-15(19)9-8-14(18)20-10-4-7-12-5-2-1-3-6-12/h1-3,5-6,13H,4,7-11H2. The van der Waals surface area contributed by atoms with Crippen molar-refractivity contribution >= 4 is 35.1 Å². The molecule has 0 aliphatic carbocycles. The maximum atomic E-state index is 11.4. The highest BCUT2D eigenvalue weighted by atomic mass is 35.5. The van der Waals surface area contributed by atoms with Gasteiger partial charge in [-0.05, 0) is 18.4 Å². The first-order valence-corrected chi connectivity index (χ1v) is 7.58. The van der Waals surface area contributed by atoms with E-state index in [0.717, 1.165) is 12.8 Å². The fourth-order valence-electron chi connectivity index (χ4n) is 1.61. The van der Waals surface area contributed by atoms with Crippen LogP contribution < -0.4 is 0 Å². The highest BCUT2D eigenvalue weighted by Gasteiger charge is 2.10. The summed E-state index contributed by atoms with van der Waals surface area (Å²) in [5, 5.41) is 0. The minimum absolute atomic E-state index is 0.000587. The van der Waals surface area contributed by atoms with E-state index in [9.17, 15) is 9.59 Å². The lowest BCUT2D eigenvalue weighted by Crippen LogP contribution is -2.13. The molecule has 0 amide bonds. The normalized spacial score (nSPS) is 10.4. The Hall–Kier alpha value is -1.26. The zero-order chi connectivity index (χ0) is 15.5. The Bertz CT molecular complexity index is 435. The molecule has 1 rings (SSSR count). The molecule has 0 bridgehead atoms. The molecule has 0 N–H and O–H groups in total. The van der Waals surface area contributed by atoms with Gasteiger partial charge in [0.2, 0.25) is 0 Å². The van der Waals surface area contributed by atoms with Gasteiger partial charge in [0.05, 0.1) is 19.4 Å². The molecule has 0 heterocycles. The molecule has 0 unspecified atom stereocenters. The molecular weight excluding hydrogens is 315 g/mol. The second kappa shape index (κ2) is 10.5. The fourth-order valence-corrected chi connectivity index (χ4v) is 1.74. The zero-order valence-corrected chi connectivity index (χ0v) is 13.1. The van der Waals surface area contributed by atoms with Gasteiger partial charge in [0.15, 0.2) is 0 Å². The van der Waals surface area contributed by atoms with E-state index < -0.39 is 16.8 Å². The van der Waals surface area contributed by atoms with Crippen molar-refractivity contribution < 1.29 is 19.1 Å². The number of benzene rings is 1. The van der Waals surface area contributed by atoms with Crippen LogP contribution in [0.3, 0.4) is 0 Å². The second-order valence-electron chi connectivity index (χ2n) is 4.38. The van der Waals surface area contributed by atoms with Crippen LogP contribution >= 0.6 is 23.2 Å². The van der Waals surface area contributed by atoms with E-state index in [0.29, 0.717) is 6.61 Å². The smallest absolute Gasteiger partial charge is 0.306 e. The van der Waals surface area contributed by atoms with E-state index in [-0.39, 0.29) is 19.4 Å². The molecule has 0 aliphatic heterocycles. The Morgan fingerprint density at radius 1 is 1.00 bits per heavy atom. The first-order valence-electron chi connectivity index (χ1n) is 6.71. The number of hydrogen-bond donors (Lipinski definition) is 0. The number of aryl methyl sites for hydroxylation is 1. The molecule has 116 valence electrons. The number of carbonyl (C=O) groups excluding carboxylic acids is 2. The molecule has 0 saturated carbocycles. The number of halogens is 2. The van der Waals surface area contributed by atoms with E-state index in [1.165, 1.54) is 5.56 Å². The molecule has 4 nitrogen and oxygen atoms in total. The van der Waals surface area contributed by atoms with Crippen LogP contribution in [0.4, 0.5) is 0 Å². The van der Waals surface area contributed by atoms with Crippen LogP contribution in [0.1, 0.15) is 24.8 Å². The average Bonchev–Trinajstić information content (AvgIpc) is 2.48. The molecule has 21 heavy (non-hydrogen) atoms. The predicted octanol–water partition coefficient (Wildman–Crippen LogP) is 3.29. The molecule has 0 atom stereocenters. The summed E-state index contributed by atoms with van der Waals surface area (Å²) in [6.45, 7) is 0.266. The van der Waals surface area contributed by atoms with Gasteiger partial charge >= 0.3 is 11.9 Å². The zero-order valence-electron chi connectivity index (χ0n) is 11.6. The van der Waals surface area contributed by atoms with Crippen molar-refractivity contribution in [2.24, 2.45) is 0 Å².